The number of nitrogens with zero attached hydrogens (tertiary/aromatic N) is 2. The van der Waals surface area contributed by atoms with Crippen LogP contribution >= 0.6 is 0 Å². The first-order valence-electron chi connectivity index (χ1n) is 11.5. The Bertz CT molecular complexity index is 1130. The van der Waals surface area contributed by atoms with E-state index in [0.29, 0.717) is 42.8 Å². The van der Waals surface area contributed by atoms with Gasteiger partial charge in [-0.3, -0.25) is 4.79 Å². The number of halogens is 3. The molecule has 1 N–H and O–H groups in total. The summed E-state index contributed by atoms with van der Waals surface area (Å²) in [5.74, 6) is -0.695. The normalized spacial score (nSPS) is 18.7. The standard InChI is InChI=1S/C26H27F3N2O4/c1-24(2)21(30-31(22(24)32)19-11-9-18(10-12-19)26(27,28)29)6-3-5-17-7-13-20(14-8-17)35-25(23(33)34)15-4-16-25/h7-14H,3-6,15-16H2,1-2H3,(H,33,34). The number of rotatable bonds is 8. The molecule has 1 aliphatic carbocycles. The number of carbonyl (C=O) groups is 2. The number of amides is 1. The summed E-state index contributed by atoms with van der Waals surface area (Å²) in [5.41, 5.74) is -0.729. The third-order valence-corrected chi connectivity index (χ3v) is 6.77. The van der Waals surface area contributed by atoms with E-state index in [-0.39, 0.29) is 5.91 Å². The van der Waals surface area contributed by atoms with Gasteiger partial charge in [-0.15, -0.1) is 0 Å². The molecule has 2 aromatic carbocycles. The number of ether oxygens (including phenoxy) is 1. The van der Waals surface area contributed by atoms with Crippen molar-refractivity contribution in [3.8, 4) is 5.75 Å². The molecule has 0 unspecified atom stereocenters. The van der Waals surface area contributed by atoms with Gasteiger partial charge >= 0.3 is 12.1 Å². The minimum absolute atomic E-state index is 0.280. The Hall–Kier alpha value is -3.36. The molecule has 0 bridgehead atoms. The Morgan fingerprint density at radius 2 is 1.69 bits per heavy atom. The van der Waals surface area contributed by atoms with Crippen molar-refractivity contribution >= 4 is 23.3 Å². The number of hydrazone groups is 1. The number of carboxylic acids is 1. The van der Waals surface area contributed by atoms with Gasteiger partial charge in [0.25, 0.3) is 5.91 Å². The minimum atomic E-state index is -4.44. The lowest BCUT2D eigenvalue weighted by Crippen LogP contribution is -2.50. The number of alkyl halides is 3. The molecular weight excluding hydrogens is 461 g/mol. The fraction of sp³-hybridized carbons (Fsp3) is 0.423. The van der Waals surface area contributed by atoms with E-state index in [1.165, 1.54) is 17.1 Å². The van der Waals surface area contributed by atoms with Gasteiger partial charge in [0.1, 0.15) is 5.75 Å². The second kappa shape index (κ2) is 9.02. The first kappa shape index (κ1) is 24.8. The third-order valence-electron chi connectivity index (χ3n) is 6.77. The molecule has 6 nitrogen and oxygen atoms in total. The Labute approximate surface area is 201 Å². The summed E-state index contributed by atoms with van der Waals surface area (Å²) in [6.45, 7) is 3.53. The predicted molar refractivity (Wildman–Crippen MR) is 124 cm³/mol. The summed E-state index contributed by atoms with van der Waals surface area (Å²) in [7, 11) is 0. The van der Waals surface area contributed by atoms with E-state index in [4.69, 9.17) is 4.74 Å². The van der Waals surface area contributed by atoms with Crippen molar-refractivity contribution in [1.29, 1.82) is 0 Å². The lowest BCUT2D eigenvalue weighted by Gasteiger charge is -2.37. The molecule has 186 valence electrons. The quantitative estimate of drug-likeness (QED) is 0.506. The van der Waals surface area contributed by atoms with E-state index in [1.807, 2.05) is 12.1 Å². The van der Waals surface area contributed by atoms with Gasteiger partial charge in [-0.1, -0.05) is 12.1 Å². The molecule has 1 amide bonds. The third kappa shape index (κ3) is 4.90. The number of aliphatic carboxylic acids is 1. The zero-order valence-electron chi connectivity index (χ0n) is 19.6. The van der Waals surface area contributed by atoms with E-state index < -0.39 is 28.7 Å². The van der Waals surface area contributed by atoms with E-state index >= 15 is 0 Å². The fourth-order valence-electron chi connectivity index (χ4n) is 4.28. The number of anilines is 1. The maximum Gasteiger partial charge on any atom is 0.416 e. The summed E-state index contributed by atoms with van der Waals surface area (Å²) < 4.78 is 44.3. The molecule has 0 saturated heterocycles. The molecule has 1 aliphatic heterocycles. The molecule has 1 heterocycles. The van der Waals surface area contributed by atoms with Crippen LogP contribution in [0.2, 0.25) is 0 Å². The van der Waals surface area contributed by atoms with Gasteiger partial charge in [-0.25, -0.2) is 9.80 Å². The number of carboxylic acid groups (broad SMARTS) is 1. The van der Waals surface area contributed by atoms with Gasteiger partial charge in [0.15, 0.2) is 0 Å². The molecule has 0 radical (unpaired) electrons. The number of aryl methyl sites for hydroxylation is 1. The highest BCUT2D eigenvalue weighted by molar-refractivity contribution is 6.18. The van der Waals surface area contributed by atoms with Gasteiger partial charge in [0.2, 0.25) is 5.60 Å². The molecule has 0 aromatic heterocycles. The highest BCUT2D eigenvalue weighted by Gasteiger charge is 2.47. The SMILES string of the molecule is CC1(C)C(=O)N(c2ccc(C(F)(F)F)cc2)N=C1CCCc1ccc(OC2(C(=O)O)CCC2)cc1. The summed E-state index contributed by atoms with van der Waals surface area (Å²) >= 11 is 0. The van der Waals surface area contributed by atoms with Crippen LogP contribution in [0.5, 0.6) is 5.75 Å². The number of hydrogen-bond donors (Lipinski definition) is 1. The lowest BCUT2D eigenvalue weighted by atomic mass is 9.80. The molecule has 4 rings (SSSR count). The van der Waals surface area contributed by atoms with Gasteiger partial charge in [-0.05, 0) is 94.3 Å². The average molecular weight is 489 g/mol. The highest BCUT2D eigenvalue weighted by atomic mass is 19.4. The van der Waals surface area contributed by atoms with Crippen molar-refractivity contribution in [2.45, 2.75) is 64.1 Å². The van der Waals surface area contributed by atoms with Gasteiger partial charge in [0, 0.05) is 0 Å². The smallest absolute Gasteiger partial charge is 0.416 e. The topological polar surface area (TPSA) is 79.2 Å². The lowest BCUT2D eigenvalue weighted by molar-refractivity contribution is -0.163. The Morgan fingerprint density at radius 1 is 1.06 bits per heavy atom. The fourth-order valence-corrected chi connectivity index (χ4v) is 4.28. The van der Waals surface area contributed by atoms with E-state index in [0.717, 1.165) is 30.5 Å². The summed E-state index contributed by atoms with van der Waals surface area (Å²) in [6, 6.07) is 11.7. The Balaban J connectivity index is 1.37. The Kier molecular flexibility index (Phi) is 6.38. The molecule has 1 saturated carbocycles. The summed E-state index contributed by atoms with van der Waals surface area (Å²) in [4.78, 5) is 24.4. The Morgan fingerprint density at radius 3 is 2.20 bits per heavy atom. The van der Waals surface area contributed by atoms with E-state index in [1.54, 1.807) is 26.0 Å². The molecule has 2 aromatic rings. The van der Waals surface area contributed by atoms with Gasteiger partial charge < -0.3 is 9.84 Å². The molecule has 0 spiro atoms. The summed E-state index contributed by atoms with van der Waals surface area (Å²) in [5, 5.41) is 15.0. The number of hydrogen-bond acceptors (Lipinski definition) is 4. The van der Waals surface area contributed by atoms with Gasteiger partial charge in [-0.2, -0.15) is 18.3 Å². The van der Waals surface area contributed by atoms with Crippen LogP contribution in [-0.4, -0.2) is 28.3 Å². The van der Waals surface area contributed by atoms with Gasteiger partial charge in [0.05, 0.1) is 22.4 Å². The van der Waals surface area contributed by atoms with E-state index in [2.05, 4.69) is 5.10 Å². The first-order valence-corrected chi connectivity index (χ1v) is 11.5. The van der Waals surface area contributed by atoms with Crippen LogP contribution in [0, 0.1) is 5.41 Å². The van der Waals surface area contributed by atoms with Crippen molar-refractivity contribution in [3.05, 3.63) is 59.7 Å². The average Bonchev–Trinajstić information content (AvgIpc) is 3.00. The second-order valence-electron chi connectivity index (χ2n) is 9.59. The van der Waals surface area contributed by atoms with Crippen molar-refractivity contribution < 1.29 is 32.6 Å². The van der Waals surface area contributed by atoms with Crippen LogP contribution in [0.15, 0.2) is 53.6 Å². The van der Waals surface area contributed by atoms with Crippen molar-refractivity contribution in [2.75, 3.05) is 5.01 Å². The molecule has 0 atom stereocenters. The van der Waals surface area contributed by atoms with Crippen LogP contribution in [-0.2, 0) is 22.2 Å². The van der Waals surface area contributed by atoms with Crippen LogP contribution < -0.4 is 9.75 Å². The van der Waals surface area contributed by atoms with Crippen molar-refractivity contribution in [2.24, 2.45) is 10.5 Å². The summed E-state index contributed by atoms with van der Waals surface area (Å²) in [6.07, 6.45) is -0.613. The largest absolute Gasteiger partial charge is 0.478 e. The number of carbonyl (C=O) groups excluding carboxylic acids is 1. The first-order chi connectivity index (χ1) is 16.4. The molecule has 2 aliphatic rings. The molecular formula is C26H27F3N2O4. The maximum absolute atomic E-state index is 12.9. The molecule has 35 heavy (non-hydrogen) atoms. The van der Waals surface area contributed by atoms with Crippen LogP contribution in [0.25, 0.3) is 0 Å². The van der Waals surface area contributed by atoms with Crippen LogP contribution in [0.4, 0.5) is 18.9 Å². The highest BCUT2D eigenvalue weighted by Crippen LogP contribution is 2.38. The number of benzene rings is 2. The molecule has 1 fully saturated rings. The van der Waals surface area contributed by atoms with Crippen molar-refractivity contribution in [1.82, 2.24) is 0 Å². The predicted octanol–water partition coefficient (Wildman–Crippen LogP) is 5.84. The monoisotopic (exact) mass is 488 g/mol. The zero-order valence-corrected chi connectivity index (χ0v) is 19.6. The maximum atomic E-state index is 12.9. The molecule has 9 heteroatoms. The van der Waals surface area contributed by atoms with Crippen LogP contribution in [0.3, 0.4) is 0 Å². The van der Waals surface area contributed by atoms with Crippen LogP contribution in [0.1, 0.15) is 57.1 Å². The van der Waals surface area contributed by atoms with E-state index in [9.17, 15) is 27.9 Å². The zero-order chi connectivity index (χ0) is 25.4. The minimum Gasteiger partial charge on any atom is -0.478 e. The second-order valence-corrected chi connectivity index (χ2v) is 9.59. The van der Waals surface area contributed by atoms with Crippen molar-refractivity contribution in [3.63, 3.8) is 0 Å².